The lowest BCUT2D eigenvalue weighted by atomic mass is 10.1. The third-order valence-corrected chi connectivity index (χ3v) is 4.50. The van der Waals surface area contributed by atoms with Crippen molar-refractivity contribution in [3.8, 4) is 22.3 Å². The van der Waals surface area contributed by atoms with Gasteiger partial charge in [0.1, 0.15) is 6.04 Å². The molecule has 126 valence electrons. The van der Waals surface area contributed by atoms with Gasteiger partial charge in [0, 0.05) is 11.8 Å². The Bertz CT molecular complexity index is 815. The normalized spacial score (nSPS) is 12.0. The average molecular weight is 345 g/mol. The number of methoxy groups -OCH3 is 2. The van der Waals surface area contributed by atoms with E-state index >= 15 is 0 Å². The molecule has 6 nitrogen and oxygen atoms in total. The molecule has 0 saturated heterocycles. The van der Waals surface area contributed by atoms with Crippen molar-refractivity contribution in [3.63, 3.8) is 0 Å². The number of thiophene rings is 1. The molecule has 2 heterocycles. The molecule has 0 aliphatic heterocycles. The van der Waals surface area contributed by atoms with Crippen molar-refractivity contribution in [3.05, 3.63) is 41.1 Å². The molecule has 1 aromatic carbocycles. The van der Waals surface area contributed by atoms with Crippen LogP contribution in [0.5, 0.6) is 11.5 Å². The van der Waals surface area contributed by atoms with E-state index in [1.54, 1.807) is 25.6 Å². The Hall–Kier alpha value is -2.54. The molecule has 0 aliphatic carbocycles. The Balaban J connectivity index is 1.81. The standard InChI is InChI=1S/C17H19N3O3S/c1-10-8-13(21-3)14(22-4)9-12(10)18-11(2)16-19-20-17(23-16)15-6-5-7-24-15/h5-9,11,18H,1-4H3/t11-/m1/s1. The number of nitrogens with one attached hydrogen (secondary N) is 1. The number of nitrogens with zero attached hydrogens (tertiary/aromatic N) is 2. The molecule has 0 bridgehead atoms. The zero-order valence-electron chi connectivity index (χ0n) is 14.0. The van der Waals surface area contributed by atoms with E-state index in [1.807, 2.05) is 43.5 Å². The van der Waals surface area contributed by atoms with Crippen molar-refractivity contribution >= 4 is 17.0 Å². The van der Waals surface area contributed by atoms with Crippen LogP contribution in [-0.2, 0) is 0 Å². The molecule has 0 amide bonds. The van der Waals surface area contributed by atoms with Crippen molar-refractivity contribution in [2.45, 2.75) is 19.9 Å². The topological polar surface area (TPSA) is 69.4 Å². The zero-order valence-corrected chi connectivity index (χ0v) is 14.8. The Kier molecular flexibility index (Phi) is 4.71. The van der Waals surface area contributed by atoms with Crippen LogP contribution in [0.2, 0.25) is 0 Å². The minimum absolute atomic E-state index is 0.136. The van der Waals surface area contributed by atoms with E-state index in [2.05, 4.69) is 15.5 Å². The molecule has 0 radical (unpaired) electrons. The monoisotopic (exact) mass is 345 g/mol. The molecular formula is C17H19N3O3S. The minimum atomic E-state index is -0.136. The third-order valence-electron chi connectivity index (χ3n) is 3.65. The van der Waals surface area contributed by atoms with Crippen LogP contribution in [-0.4, -0.2) is 24.4 Å². The number of benzene rings is 1. The van der Waals surface area contributed by atoms with E-state index in [1.165, 1.54) is 0 Å². The first-order valence-corrected chi connectivity index (χ1v) is 8.36. The fourth-order valence-corrected chi connectivity index (χ4v) is 2.98. The lowest BCUT2D eigenvalue weighted by molar-refractivity contribution is 0.355. The van der Waals surface area contributed by atoms with Crippen molar-refractivity contribution in [2.75, 3.05) is 19.5 Å². The maximum absolute atomic E-state index is 5.77. The van der Waals surface area contributed by atoms with Gasteiger partial charge in [0.05, 0.1) is 19.1 Å². The first kappa shape index (κ1) is 16.3. The molecule has 24 heavy (non-hydrogen) atoms. The quantitative estimate of drug-likeness (QED) is 0.718. The lowest BCUT2D eigenvalue weighted by Gasteiger charge is -2.16. The van der Waals surface area contributed by atoms with E-state index in [9.17, 15) is 0 Å². The number of rotatable bonds is 6. The Morgan fingerprint density at radius 3 is 2.58 bits per heavy atom. The predicted octanol–water partition coefficient (Wildman–Crippen LogP) is 4.30. The van der Waals surface area contributed by atoms with Gasteiger partial charge in [0.15, 0.2) is 11.5 Å². The maximum Gasteiger partial charge on any atom is 0.257 e. The zero-order chi connectivity index (χ0) is 17.1. The van der Waals surface area contributed by atoms with E-state index < -0.39 is 0 Å². The highest BCUT2D eigenvalue weighted by molar-refractivity contribution is 7.13. The van der Waals surface area contributed by atoms with Crippen LogP contribution in [0.25, 0.3) is 10.8 Å². The van der Waals surface area contributed by atoms with Crippen LogP contribution >= 0.6 is 11.3 Å². The molecule has 0 fully saturated rings. The Morgan fingerprint density at radius 2 is 1.92 bits per heavy atom. The smallest absolute Gasteiger partial charge is 0.257 e. The second-order valence-electron chi connectivity index (χ2n) is 5.31. The lowest BCUT2D eigenvalue weighted by Crippen LogP contribution is -2.08. The summed E-state index contributed by atoms with van der Waals surface area (Å²) >= 11 is 1.57. The number of hydrogen-bond acceptors (Lipinski definition) is 7. The SMILES string of the molecule is COc1cc(C)c(N[C@H](C)c2nnc(-c3cccs3)o2)cc1OC. The third kappa shape index (κ3) is 3.21. The Morgan fingerprint density at radius 1 is 1.17 bits per heavy atom. The molecular weight excluding hydrogens is 326 g/mol. The number of aryl methyl sites for hydroxylation is 1. The van der Waals surface area contributed by atoms with Gasteiger partial charge >= 0.3 is 0 Å². The summed E-state index contributed by atoms with van der Waals surface area (Å²) in [5, 5.41) is 13.6. The summed E-state index contributed by atoms with van der Waals surface area (Å²) in [6, 6.07) is 7.61. The van der Waals surface area contributed by atoms with Crippen LogP contribution in [0.1, 0.15) is 24.4 Å². The number of anilines is 1. The van der Waals surface area contributed by atoms with Crippen molar-refractivity contribution < 1.29 is 13.9 Å². The van der Waals surface area contributed by atoms with Gasteiger partial charge < -0.3 is 19.2 Å². The molecule has 3 rings (SSSR count). The van der Waals surface area contributed by atoms with Crippen LogP contribution in [0.15, 0.2) is 34.1 Å². The average Bonchev–Trinajstić information content (AvgIpc) is 3.27. The predicted molar refractivity (Wildman–Crippen MR) is 93.9 cm³/mol. The van der Waals surface area contributed by atoms with Gasteiger partial charge in [-0.25, -0.2) is 0 Å². The molecule has 1 atom stereocenters. The summed E-state index contributed by atoms with van der Waals surface area (Å²) in [4.78, 5) is 0.961. The van der Waals surface area contributed by atoms with E-state index in [0.29, 0.717) is 23.3 Å². The summed E-state index contributed by atoms with van der Waals surface area (Å²) in [7, 11) is 3.24. The fourth-order valence-electron chi connectivity index (χ4n) is 2.34. The summed E-state index contributed by atoms with van der Waals surface area (Å²) in [6.45, 7) is 3.98. The van der Waals surface area contributed by atoms with Gasteiger partial charge in [-0.05, 0) is 36.9 Å². The number of ether oxygens (including phenoxy) is 2. The van der Waals surface area contributed by atoms with Gasteiger partial charge in [-0.3, -0.25) is 0 Å². The van der Waals surface area contributed by atoms with Gasteiger partial charge in [-0.15, -0.1) is 21.5 Å². The van der Waals surface area contributed by atoms with Crippen LogP contribution in [0.4, 0.5) is 5.69 Å². The molecule has 0 aliphatic rings. The summed E-state index contributed by atoms with van der Waals surface area (Å²) in [5.41, 5.74) is 1.97. The summed E-state index contributed by atoms with van der Waals surface area (Å²) < 4.78 is 16.4. The van der Waals surface area contributed by atoms with Crippen molar-refractivity contribution in [2.24, 2.45) is 0 Å². The minimum Gasteiger partial charge on any atom is -0.493 e. The highest BCUT2D eigenvalue weighted by atomic mass is 32.1. The van der Waals surface area contributed by atoms with Gasteiger partial charge in [0.2, 0.25) is 5.89 Å². The van der Waals surface area contributed by atoms with Gasteiger partial charge in [0.25, 0.3) is 5.89 Å². The summed E-state index contributed by atoms with van der Waals surface area (Å²) in [6.07, 6.45) is 0. The highest BCUT2D eigenvalue weighted by Gasteiger charge is 2.17. The van der Waals surface area contributed by atoms with E-state index in [-0.39, 0.29) is 6.04 Å². The van der Waals surface area contributed by atoms with Crippen LogP contribution < -0.4 is 14.8 Å². The number of aromatic nitrogens is 2. The van der Waals surface area contributed by atoms with Crippen molar-refractivity contribution in [1.29, 1.82) is 0 Å². The second-order valence-corrected chi connectivity index (χ2v) is 6.26. The van der Waals surface area contributed by atoms with Gasteiger partial charge in [-0.2, -0.15) is 0 Å². The molecule has 2 aromatic heterocycles. The van der Waals surface area contributed by atoms with Crippen molar-refractivity contribution in [1.82, 2.24) is 10.2 Å². The molecule has 7 heteroatoms. The molecule has 1 N–H and O–H groups in total. The highest BCUT2D eigenvalue weighted by Crippen LogP contribution is 2.34. The summed E-state index contributed by atoms with van der Waals surface area (Å²) in [5.74, 6) is 2.44. The van der Waals surface area contributed by atoms with Crippen LogP contribution in [0, 0.1) is 6.92 Å². The molecule has 0 unspecified atom stereocenters. The van der Waals surface area contributed by atoms with Crippen LogP contribution in [0.3, 0.4) is 0 Å². The molecule has 0 saturated carbocycles. The second kappa shape index (κ2) is 6.92. The first-order chi connectivity index (χ1) is 11.6. The van der Waals surface area contributed by atoms with Gasteiger partial charge in [-0.1, -0.05) is 6.07 Å². The molecule has 3 aromatic rings. The molecule has 0 spiro atoms. The first-order valence-electron chi connectivity index (χ1n) is 7.48. The fraction of sp³-hybridized carbons (Fsp3) is 0.294. The number of hydrogen-bond donors (Lipinski definition) is 1. The Labute approximate surface area is 144 Å². The maximum atomic E-state index is 5.77. The van der Waals surface area contributed by atoms with E-state index in [4.69, 9.17) is 13.9 Å². The van der Waals surface area contributed by atoms with E-state index in [0.717, 1.165) is 16.1 Å². The largest absolute Gasteiger partial charge is 0.493 e.